The predicted octanol–water partition coefficient (Wildman–Crippen LogP) is 3.12. The molecule has 0 aliphatic heterocycles. The number of fused-ring (bicyclic) bond motifs is 1. The summed E-state index contributed by atoms with van der Waals surface area (Å²) in [6, 6.07) is 9.98. The second-order valence-corrected chi connectivity index (χ2v) is 7.15. The largest absolute Gasteiger partial charge is 0.493 e. The molecule has 28 heavy (non-hydrogen) atoms. The summed E-state index contributed by atoms with van der Waals surface area (Å²) < 4.78 is 23.6. The van der Waals surface area contributed by atoms with E-state index in [4.69, 9.17) is 9.47 Å². The minimum atomic E-state index is -1.11. The quantitative estimate of drug-likeness (QED) is 0.730. The molecule has 1 unspecified atom stereocenters. The van der Waals surface area contributed by atoms with Crippen molar-refractivity contribution in [3.63, 3.8) is 0 Å². The van der Waals surface area contributed by atoms with Crippen molar-refractivity contribution in [2.45, 2.75) is 37.7 Å². The number of hydrogen-bond acceptors (Lipinski definition) is 4. The molecule has 150 valence electrons. The van der Waals surface area contributed by atoms with Crippen molar-refractivity contribution in [2.75, 3.05) is 20.8 Å². The van der Waals surface area contributed by atoms with Gasteiger partial charge in [-0.1, -0.05) is 12.1 Å². The molecule has 0 radical (unpaired) electrons. The zero-order valence-corrected chi connectivity index (χ0v) is 16.3. The lowest BCUT2D eigenvalue weighted by Crippen LogP contribution is -2.39. The highest BCUT2D eigenvalue weighted by molar-refractivity contribution is 5.76. The first kappa shape index (κ1) is 20.1. The minimum absolute atomic E-state index is 0.107. The molecule has 0 spiro atoms. The normalized spacial score (nSPS) is 17.9. The average Bonchev–Trinajstić information content (AvgIpc) is 3.03. The van der Waals surface area contributed by atoms with Crippen LogP contribution in [0, 0.1) is 5.82 Å². The van der Waals surface area contributed by atoms with Gasteiger partial charge < -0.3 is 19.9 Å². The Kier molecular flexibility index (Phi) is 6.19. The smallest absolute Gasteiger partial charge is 0.220 e. The van der Waals surface area contributed by atoms with Crippen LogP contribution in [0.2, 0.25) is 0 Å². The van der Waals surface area contributed by atoms with Gasteiger partial charge in [0.05, 0.1) is 20.8 Å². The molecule has 2 aromatic carbocycles. The van der Waals surface area contributed by atoms with Gasteiger partial charge >= 0.3 is 0 Å². The number of benzene rings is 2. The molecule has 6 heteroatoms. The highest BCUT2D eigenvalue weighted by Gasteiger charge is 2.38. The van der Waals surface area contributed by atoms with Gasteiger partial charge in [-0.15, -0.1) is 0 Å². The molecule has 1 aliphatic rings. The first-order chi connectivity index (χ1) is 13.4. The molecule has 2 aromatic rings. The number of amides is 1. The topological polar surface area (TPSA) is 67.8 Å². The monoisotopic (exact) mass is 387 g/mol. The summed E-state index contributed by atoms with van der Waals surface area (Å²) in [5.74, 6) is 0.827. The summed E-state index contributed by atoms with van der Waals surface area (Å²) in [5, 5.41) is 13.9. The number of carbonyl (C=O) groups excluding carboxylic acids is 1. The van der Waals surface area contributed by atoms with Gasteiger partial charge in [0.25, 0.3) is 0 Å². The van der Waals surface area contributed by atoms with E-state index in [1.165, 1.54) is 12.1 Å². The van der Waals surface area contributed by atoms with E-state index >= 15 is 0 Å². The molecule has 0 saturated heterocycles. The summed E-state index contributed by atoms with van der Waals surface area (Å²) in [7, 11) is 3.14. The van der Waals surface area contributed by atoms with Crippen molar-refractivity contribution >= 4 is 5.91 Å². The minimum Gasteiger partial charge on any atom is -0.493 e. The van der Waals surface area contributed by atoms with E-state index in [9.17, 15) is 14.3 Å². The zero-order chi connectivity index (χ0) is 20.1. The van der Waals surface area contributed by atoms with E-state index in [0.29, 0.717) is 43.6 Å². The summed E-state index contributed by atoms with van der Waals surface area (Å²) in [6.07, 6.45) is 2.97. The fourth-order valence-corrected chi connectivity index (χ4v) is 3.66. The third kappa shape index (κ3) is 4.44. The maximum Gasteiger partial charge on any atom is 0.220 e. The Labute approximate surface area is 164 Å². The molecule has 0 fully saturated rings. The molecule has 0 bridgehead atoms. The van der Waals surface area contributed by atoms with Crippen molar-refractivity contribution in [1.29, 1.82) is 0 Å². The molecule has 0 heterocycles. The third-order valence-electron chi connectivity index (χ3n) is 5.28. The second kappa shape index (κ2) is 8.61. The molecule has 3 rings (SSSR count). The predicted molar refractivity (Wildman–Crippen MR) is 104 cm³/mol. The third-order valence-corrected chi connectivity index (χ3v) is 5.28. The summed E-state index contributed by atoms with van der Waals surface area (Å²) >= 11 is 0. The Bertz CT molecular complexity index is 837. The van der Waals surface area contributed by atoms with E-state index in [1.807, 2.05) is 6.07 Å². The fraction of sp³-hybridized carbons (Fsp3) is 0.409. The standard InChI is InChI=1S/C22H26FNO4/c1-27-19-12-16-10-11-22(26,18(16)13-20(19)28-2)14-24-21(25)5-3-4-15-6-8-17(23)9-7-15/h6-9,12-13,26H,3-5,10-11,14H2,1-2H3,(H,24,25). The van der Waals surface area contributed by atoms with Crippen LogP contribution in [0.25, 0.3) is 0 Å². The number of rotatable bonds is 8. The summed E-state index contributed by atoms with van der Waals surface area (Å²) in [4.78, 5) is 12.2. The molecule has 1 atom stereocenters. The lowest BCUT2D eigenvalue weighted by molar-refractivity contribution is -0.122. The first-order valence-corrected chi connectivity index (χ1v) is 9.44. The Balaban J connectivity index is 1.54. The number of aliphatic hydroxyl groups is 1. The molecule has 1 aliphatic carbocycles. The van der Waals surface area contributed by atoms with Crippen LogP contribution in [0.3, 0.4) is 0 Å². The van der Waals surface area contributed by atoms with E-state index in [-0.39, 0.29) is 18.3 Å². The maximum absolute atomic E-state index is 12.9. The molecule has 5 nitrogen and oxygen atoms in total. The number of nitrogens with one attached hydrogen (secondary N) is 1. The second-order valence-electron chi connectivity index (χ2n) is 7.15. The van der Waals surface area contributed by atoms with Gasteiger partial charge in [0.1, 0.15) is 11.4 Å². The van der Waals surface area contributed by atoms with E-state index < -0.39 is 5.60 Å². The number of ether oxygens (including phenoxy) is 2. The molecular weight excluding hydrogens is 361 g/mol. The molecule has 0 aromatic heterocycles. The Hall–Kier alpha value is -2.60. The van der Waals surface area contributed by atoms with Crippen LogP contribution >= 0.6 is 0 Å². The molecular formula is C22H26FNO4. The van der Waals surface area contributed by atoms with Crippen LogP contribution in [0.15, 0.2) is 36.4 Å². The number of aryl methyl sites for hydroxylation is 2. The van der Waals surface area contributed by atoms with Crippen molar-refractivity contribution in [3.05, 3.63) is 58.9 Å². The van der Waals surface area contributed by atoms with E-state index in [2.05, 4.69) is 5.32 Å². The number of hydrogen-bond donors (Lipinski definition) is 2. The lowest BCUT2D eigenvalue weighted by Gasteiger charge is -2.25. The fourth-order valence-electron chi connectivity index (χ4n) is 3.66. The van der Waals surface area contributed by atoms with Crippen LogP contribution < -0.4 is 14.8 Å². The Morgan fingerprint density at radius 2 is 1.86 bits per heavy atom. The van der Waals surface area contributed by atoms with Gasteiger partial charge in [0, 0.05) is 6.42 Å². The molecule has 2 N–H and O–H groups in total. The van der Waals surface area contributed by atoms with Crippen LogP contribution in [0.5, 0.6) is 11.5 Å². The average molecular weight is 387 g/mol. The lowest BCUT2D eigenvalue weighted by atomic mass is 9.95. The summed E-state index contributed by atoms with van der Waals surface area (Å²) in [6.45, 7) is 0.158. The maximum atomic E-state index is 12.9. The highest BCUT2D eigenvalue weighted by Crippen LogP contribution is 2.42. The van der Waals surface area contributed by atoms with Crippen LogP contribution in [0.1, 0.15) is 36.0 Å². The van der Waals surface area contributed by atoms with Crippen molar-refractivity contribution in [3.8, 4) is 11.5 Å². The highest BCUT2D eigenvalue weighted by atomic mass is 19.1. The van der Waals surface area contributed by atoms with Crippen molar-refractivity contribution < 1.29 is 23.8 Å². The van der Waals surface area contributed by atoms with Crippen molar-refractivity contribution in [2.24, 2.45) is 0 Å². The van der Waals surface area contributed by atoms with Gasteiger partial charge in [-0.3, -0.25) is 4.79 Å². The number of carbonyl (C=O) groups is 1. The Morgan fingerprint density at radius 1 is 1.18 bits per heavy atom. The van der Waals surface area contributed by atoms with Gasteiger partial charge in [-0.25, -0.2) is 4.39 Å². The zero-order valence-electron chi connectivity index (χ0n) is 16.3. The summed E-state index contributed by atoms with van der Waals surface area (Å²) in [5.41, 5.74) is 1.67. The van der Waals surface area contributed by atoms with E-state index in [1.54, 1.807) is 32.4 Å². The van der Waals surface area contributed by atoms with Crippen LogP contribution in [-0.2, 0) is 23.2 Å². The van der Waals surface area contributed by atoms with Crippen LogP contribution in [0.4, 0.5) is 4.39 Å². The van der Waals surface area contributed by atoms with Gasteiger partial charge in [-0.2, -0.15) is 0 Å². The molecule has 0 saturated carbocycles. The first-order valence-electron chi connectivity index (χ1n) is 9.44. The molecule has 1 amide bonds. The van der Waals surface area contributed by atoms with Gasteiger partial charge in [-0.05, 0) is 66.6 Å². The Morgan fingerprint density at radius 3 is 2.54 bits per heavy atom. The SMILES string of the molecule is COc1cc2c(cc1OC)C(O)(CNC(=O)CCCc1ccc(F)cc1)CC2. The number of halogens is 1. The van der Waals surface area contributed by atoms with E-state index in [0.717, 1.165) is 16.7 Å². The van der Waals surface area contributed by atoms with Crippen molar-refractivity contribution in [1.82, 2.24) is 5.32 Å². The van der Waals surface area contributed by atoms with Gasteiger partial charge in [0.15, 0.2) is 11.5 Å². The van der Waals surface area contributed by atoms with Crippen LogP contribution in [-0.4, -0.2) is 31.8 Å². The van der Waals surface area contributed by atoms with Gasteiger partial charge in [0.2, 0.25) is 5.91 Å². The number of methoxy groups -OCH3 is 2.